The summed E-state index contributed by atoms with van der Waals surface area (Å²) in [6, 6.07) is 5.61. The average Bonchev–Trinajstić information content (AvgIpc) is 2.93. The van der Waals surface area contributed by atoms with Crippen LogP contribution in [-0.2, 0) is 16.4 Å². The number of aryl methyl sites for hydroxylation is 2. The fourth-order valence-electron chi connectivity index (χ4n) is 3.44. The first-order chi connectivity index (χ1) is 12.1. The Labute approximate surface area is 162 Å². The van der Waals surface area contributed by atoms with Crippen molar-refractivity contribution in [2.75, 3.05) is 16.6 Å². The maximum atomic E-state index is 12.8. The molecule has 0 saturated carbocycles. The number of pyridine rings is 1. The van der Waals surface area contributed by atoms with Gasteiger partial charge in [-0.15, -0.1) is 0 Å². The molecule has 26 heavy (non-hydrogen) atoms. The van der Waals surface area contributed by atoms with E-state index < -0.39 is 11.0 Å². The van der Waals surface area contributed by atoms with Crippen LogP contribution in [0.4, 0.5) is 5.69 Å². The molecule has 1 aliphatic heterocycles. The topological polar surface area (TPSA) is 53.2 Å². The minimum absolute atomic E-state index is 0.0482. The van der Waals surface area contributed by atoms with E-state index >= 15 is 0 Å². The van der Waals surface area contributed by atoms with Gasteiger partial charge in [0.15, 0.2) is 0 Å². The summed E-state index contributed by atoms with van der Waals surface area (Å²) in [7, 11) is -1.11. The van der Waals surface area contributed by atoms with Crippen molar-refractivity contribution in [2.24, 2.45) is 0 Å². The monoisotopic (exact) mass is 392 g/mol. The number of aromatic amines is 1. The third kappa shape index (κ3) is 3.47. The lowest BCUT2D eigenvalue weighted by Gasteiger charge is -2.23. The normalized spacial score (nSPS) is 17.8. The van der Waals surface area contributed by atoms with Crippen LogP contribution in [-0.4, -0.2) is 21.5 Å². The van der Waals surface area contributed by atoms with E-state index in [0.29, 0.717) is 23.0 Å². The van der Waals surface area contributed by atoms with Crippen LogP contribution in [0, 0.1) is 13.8 Å². The average molecular weight is 393 g/mol. The van der Waals surface area contributed by atoms with Gasteiger partial charge in [-0.25, -0.2) is 4.21 Å². The zero-order chi connectivity index (χ0) is 19.2. The van der Waals surface area contributed by atoms with Gasteiger partial charge in [0, 0.05) is 40.3 Å². The summed E-state index contributed by atoms with van der Waals surface area (Å²) in [5.74, 6) is 0.615. The van der Waals surface area contributed by atoms with Gasteiger partial charge in [-0.3, -0.25) is 9.10 Å². The summed E-state index contributed by atoms with van der Waals surface area (Å²) in [5, 5.41) is 0.696. The second-order valence-corrected chi connectivity index (χ2v) is 9.80. The van der Waals surface area contributed by atoms with Crippen LogP contribution >= 0.6 is 11.6 Å². The Hall–Kier alpha value is -1.59. The number of aromatic nitrogens is 1. The van der Waals surface area contributed by atoms with Gasteiger partial charge in [0.25, 0.3) is 0 Å². The molecule has 1 atom stereocenters. The molecular weight excluding hydrogens is 368 g/mol. The summed E-state index contributed by atoms with van der Waals surface area (Å²) < 4.78 is 13.8. The highest BCUT2D eigenvalue weighted by molar-refractivity contribution is 7.86. The van der Waals surface area contributed by atoms with Gasteiger partial charge in [-0.2, -0.15) is 0 Å². The third-order valence-corrected chi connectivity index (χ3v) is 6.58. The number of nitrogens with zero attached hydrogens (tertiary/aromatic N) is 1. The van der Waals surface area contributed by atoms with Crippen molar-refractivity contribution in [3.05, 3.63) is 50.3 Å². The molecule has 2 aromatic rings. The summed E-state index contributed by atoms with van der Waals surface area (Å²) in [6.45, 7) is 10.9. The molecule has 1 aromatic carbocycles. The van der Waals surface area contributed by atoms with Gasteiger partial charge in [-0.05, 0) is 42.9 Å². The van der Waals surface area contributed by atoms with Crippen LogP contribution in [0.15, 0.2) is 23.0 Å². The maximum Gasteiger partial charge on any atom is 0.206 e. The fraction of sp³-hybridized carbons (Fsp3) is 0.450. The van der Waals surface area contributed by atoms with Crippen LogP contribution in [0.2, 0.25) is 5.02 Å². The molecule has 1 fully saturated rings. The Kier molecular flexibility index (Phi) is 5.06. The molecule has 6 heteroatoms. The minimum Gasteiger partial charge on any atom is -0.357 e. The summed E-state index contributed by atoms with van der Waals surface area (Å²) in [5.41, 5.74) is 4.89. The van der Waals surface area contributed by atoms with E-state index in [2.05, 4.69) is 31.8 Å². The summed E-state index contributed by atoms with van der Waals surface area (Å²) in [6.07, 6.45) is 0.843. The minimum atomic E-state index is -1.11. The van der Waals surface area contributed by atoms with Crippen molar-refractivity contribution in [3.63, 3.8) is 0 Å². The summed E-state index contributed by atoms with van der Waals surface area (Å²) in [4.78, 5) is 16.1. The van der Waals surface area contributed by atoms with E-state index in [4.69, 9.17) is 11.6 Å². The predicted octanol–water partition coefficient (Wildman–Crippen LogP) is 4.48. The van der Waals surface area contributed by atoms with Crippen LogP contribution in [0.5, 0.6) is 0 Å². The number of anilines is 1. The second-order valence-electron chi connectivity index (χ2n) is 7.90. The first-order valence-corrected chi connectivity index (χ1v) is 10.5. The van der Waals surface area contributed by atoms with Crippen molar-refractivity contribution in [1.82, 2.24) is 4.98 Å². The number of H-pyrrole nitrogens is 1. The highest BCUT2D eigenvalue weighted by atomic mass is 35.5. The molecule has 2 heterocycles. The zero-order valence-electron chi connectivity index (χ0n) is 15.9. The number of nitrogens with one attached hydrogen (secondary N) is 1. The lowest BCUT2D eigenvalue weighted by atomic mass is 9.85. The van der Waals surface area contributed by atoms with Crippen molar-refractivity contribution >= 4 is 28.3 Å². The van der Waals surface area contributed by atoms with Gasteiger partial charge in [-0.1, -0.05) is 38.4 Å². The van der Waals surface area contributed by atoms with Crippen molar-refractivity contribution in [1.29, 1.82) is 0 Å². The highest BCUT2D eigenvalue weighted by Gasteiger charge is 2.25. The van der Waals surface area contributed by atoms with Crippen LogP contribution in [0.25, 0.3) is 11.3 Å². The largest absolute Gasteiger partial charge is 0.357 e. The third-order valence-electron chi connectivity index (χ3n) is 4.77. The van der Waals surface area contributed by atoms with Gasteiger partial charge in [0.2, 0.25) is 5.43 Å². The van der Waals surface area contributed by atoms with Crippen LogP contribution < -0.4 is 9.73 Å². The lowest BCUT2D eigenvalue weighted by Crippen LogP contribution is -2.27. The molecule has 0 bridgehead atoms. The van der Waals surface area contributed by atoms with E-state index in [1.165, 1.54) is 0 Å². The zero-order valence-corrected chi connectivity index (χ0v) is 17.5. The molecule has 1 unspecified atom stereocenters. The molecule has 1 saturated heterocycles. The SMILES string of the molecule is Cc1cc(C(C)(C)C)c(Cl)cc1-c1cc(=O)c(N2CCCS2=O)c(C)[nH]1. The number of halogens is 1. The van der Waals surface area contributed by atoms with Gasteiger partial charge in [0.1, 0.15) is 16.7 Å². The molecule has 0 aliphatic carbocycles. The molecule has 1 aromatic heterocycles. The molecule has 3 rings (SSSR count). The number of rotatable bonds is 2. The first-order valence-electron chi connectivity index (χ1n) is 8.80. The standard InChI is InChI=1S/C20H25ClN2O2S/c1-12-9-15(20(3,4)5)16(21)10-14(12)17-11-18(24)19(13(2)22-17)23-7-6-8-26(23)25/h9-11H,6-8H2,1-5H3,(H,22,24). The number of benzene rings is 1. The molecular formula is C20H25ClN2O2S. The molecule has 140 valence electrons. The Morgan fingerprint density at radius 2 is 1.88 bits per heavy atom. The number of hydrogen-bond acceptors (Lipinski definition) is 2. The van der Waals surface area contributed by atoms with Gasteiger partial charge >= 0.3 is 0 Å². The molecule has 4 nitrogen and oxygen atoms in total. The fourth-order valence-corrected chi connectivity index (χ4v) is 5.25. The lowest BCUT2D eigenvalue weighted by molar-refractivity contribution is 0.590. The van der Waals surface area contributed by atoms with E-state index in [1.54, 1.807) is 10.4 Å². The Bertz CT molecular complexity index is 944. The first kappa shape index (κ1) is 19.2. The molecule has 1 N–H and O–H groups in total. The van der Waals surface area contributed by atoms with Crippen LogP contribution in [0.3, 0.4) is 0 Å². The Morgan fingerprint density at radius 1 is 1.19 bits per heavy atom. The summed E-state index contributed by atoms with van der Waals surface area (Å²) >= 11 is 6.53. The predicted molar refractivity (Wildman–Crippen MR) is 111 cm³/mol. The smallest absolute Gasteiger partial charge is 0.206 e. The van der Waals surface area contributed by atoms with Crippen LogP contribution in [0.1, 0.15) is 44.0 Å². The van der Waals surface area contributed by atoms with Crippen molar-refractivity contribution < 1.29 is 4.21 Å². The highest BCUT2D eigenvalue weighted by Crippen LogP contribution is 2.35. The van der Waals surface area contributed by atoms with E-state index in [9.17, 15) is 9.00 Å². The van der Waals surface area contributed by atoms with Crippen molar-refractivity contribution in [3.8, 4) is 11.3 Å². The second kappa shape index (κ2) is 6.86. The van der Waals surface area contributed by atoms with Crippen molar-refractivity contribution in [2.45, 2.75) is 46.5 Å². The van der Waals surface area contributed by atoms with Gasteiger partial charge < -0.3 is 4.98 Å². The molecule has 0 radical (unpaired) electrons. The van der Waals surface area contributed by atoms with E-state index in [0.717, 1.165) is 34.5 Å². The maximum absolute atomic E-state index is 12.8. The Balaban J connectivity index is 2.10. The number of hydrogen-bond donors (Lipinski definition) is 1. The quantitative estimate of drug-likeness (QED) is 0.818. The van der Waals surface area contributed by atoms with E-state index in [1.807, 2.05) is 19.9 Å². The molecule has 1 aliphatic rings. The van der Waals surface area contributed by atoms with E-state index in [-0.39, 0.29) is 10.8 Å². The van der Waals surface area contributed by atoms with Gasteiger partial charge in [0.05, 0.1) is 0 Å². The molecule has 0 spiro atoms. The Morgan fingerprint density at radius 3 is 2.42 bits per heavy atom. The molecule has 0 amide bonds.